The molecule has 1 atom stereocenters. The molecular formula is C13H16N2O5S. The minimum atomic E-state index is -3.79. The molecule has 1 saturated heterocycles. The van der Waals surface area contributed by atoms with E-state index < -0.39 is 21.9 Å². The highest BCUT2D eigenvalue weighted by Gasteiger charge is 2.28. The van der Waals surface area contributed by atoms with Crippen molar-refractivity contribution in [1.29, 1.82) is 0 Å². The summed E-state index contributed by atoms with van der Waals surface area (Å²) in [6.45, 7) is 0.671. The summed E-state index contributed by atoms with van der Waals surface area (Å²) in [4.78, 5) is 24.7. The molecule has 1 unspecified atom stereocenters. The van der Waals surface area contributed by atoms with Gasteiger partial charge in [0.15, 0.2) is 0 Å². The maximum Gasteiger partial charge on any atom is 0.308 e. The zero-order chi connectivity index (χ0) is 15.6. The number of benzene rings is 1. The number of hydrogen-bond donors (Lipinski definition) is 2. The lowest BCUT2D eigenvalue weighted by Crippen LogP contribution is -2.42. The van der Waals surface area contributed by atoms with Crippen molar-refractivity contribution >= 4 is 21.9 Å². The average molecular weight is 312 g/mol. The van der Waals surface area contributed by atoms with Gasteiger partial charge in [-0.05, 0) is 37.1 Å². The number of carboxylic acids is 1. The van der Waals surface area contributed by atoms with E-state index in [4.69, 9.17) is 10.2 Å². The first-order valence-electron chi connectivity index (χ1n) is 6.44. The SMILES string of the molecule is NS(=O)(=O)c1ccc(C(=O)N2CCCC(C(=O)O)C2)cc1. The molecule has 0 aliphatic carbocycles. The molecule has 7 nitrogen and oxygen atoms in total. The Balaban J connectivity index is 2.14. The molecule has 114 valence electrons. The van der Waals surface area contributed by atoms with E-state index >= 15 is 0 Å². The van der Waals surface area contributed by atoms with Crippen LogP contribution >= 0.6 is 0 Å². The minimum absolute atomic E-state index is 0.0684. The number of carboxylic acid groups (broad SMARTS) is 1. The van der Waals surface area contributed by atoms with Gasteiger partial charge in [0.2, 0.25) is 10.0 Å². The van der Waals surface area contributed by atoms with Crippen molar-refractivity contribution in [2.75, 3.05) is 13.1 Å². The van der Waals surface area contributed by atoms with Gasteiger partial charge < -0.3 is 10.0 Å². The van der Waals surface area contributed by atoms with E-state index in [9.17, 15) is 18.0 Å². The van der Waals surface area contributed by atoms with Gasteiger partial charge >= 0.3 is 5.97 Å². The summed E-state index contributed by atoms with van der Waals surface area (Å²) < 4.78 is 22.3. The number of sulfonamides is 1. The van der Waals surface area contributed by atoms with Gasteiger partial charge in [-0.3, -0.25) is 9.59 Å². The van der Waals surface area contributed by atoms with Gasteiger partial charge in [0.25, 0.3) is 5.91 Å². The molecule has 2 rings (SSSR count). The largest absolute Gasteiger partial charge is 0.481 e. The first-order chi connectivity index (χ1) is 9.79. The highest BCUT2D eigenvalue weighted by Crippen LogP contribution is 2.19. The van der Waals surface area contributed by atoms with Crippen LogP contribution < -0.4 is 5.14 Å². The third-order valence-electron chi connectivity index (χ3n) is 3.49. The molecule has 1 aliphatic heterocycles. The molecule has 1 fully saturated rings. The lowest BCUT2D eigenvalue weighted by Gasteiger charge is -2.30. The van der Waals surface area contributed by atoms with E-state index in [1.807, 2.05) is 0 Å². The van der Waals surface area contributed by atoms with Crippen LogP contribution in [0.5, 0.6) is 0 Å². The predicted octanol–water partition coefficient (Wildman–Crippen LogP) is 0.271. The maximum absolute atomic E-state index is 12.3. The quantitative estimate of drug-likeness (QED) is 0.830. The van der Waals surface area contributed by atoms with Crippen molar-refractivity contribution in [3.63, 3.8) is 0 Å². The number of nitrogens with two attached hydrogens (primary N) is 1. The zero-order valence-corrected chi connectivity index (χ0v) is 12.0. The summed E-state index contributed by atoms with van der Waals surface area (Å²) in [6.07, 6.45) is 1.20. The fraction of sp³-hybridized carbons (Fsp3) is 0.385. The van der Waals surface area contributed by atoms with Crippen LogP contribution in [-0.2, 0) is 14.8 Å². The number of nitrogens with zero attached hydrogens (tertiary/aromatic N) is 1. The van der Waals surface area contributed by atoms with E-state index in [1.54, 1.807) is 0 Å². The summed E-state index contributed by atoms with van der Waals surface area (Å²) in [6, 6.07) is 5.29. The Kier molecular flexibility index (Phi) is 4.29. The Hall–Kier alpha value is -1.93. The van der Waals surface area contributed by atoms with E-state index in [2.05, 4.69) is 0 Å². The average Bonchev–Trinajstić information content (AvgIpc) is 2.46. The van der Waals surface area contributed by atoms with Crippen LogP contribution in [0.2, 0.25) is 0 Å². The molecule has 3 N–H and O–H groups in total. The van der Waals surface area contributed by atoms with Gasteiger partial charge in [-0.1, -0.05) is 0 Å². The number of hydrogen-bond acceptors (Lipinski definition) is 4. The molecule has 0 aromatic heterocycles. The first kappa shape index (κ1) is 15.5. The van der Waals surface area contributed by atoms with Crippen LogP contribution in [0.15, 0.2) is 29.2 Å². The second-order valence-corrected chi connectivity index (χ2v) is 6.56. The highest BCUT2D eigenvalue weighted by molar-refractivity contribution is 7.89. The summed E-state index contributed by atoms with van der Waals surface area (Å²) in [5.74, 6) is -1.76. The Morgan fingerprint density at radius 1 is 1.24 bits per heavy atom. The normalized spacial score (nSPS) is 19.3. The predicted molar refractivity (Wildman–Crippen MR) is 74.1 cm³/mol. The molecular weight excluding hydrogens is 296 g/mol. The number of piperidine rings is 1. The summed E-state index contributed by atoms with van der Waals surface area (Å²) in [5, 5.41) is 14.0. The fourth-order valence-corrected chi connectivity index (χ4v) is 2.85. The highest BCUT2D eigenvalue weighted by atomic mass is 32.2. The number of carbonyl (C=O) groups is 2. The summed E-state index contributed by atoms with van der Waals surface area (Å²) in [5.41, 5.74) is 0.313. The number of primary sulfonamides is 1. The number of carbonyl (C=O) groups excluding carboxylic acids is 1. The fourth-order valence-electron chi connectivity index (χ4n) is 2.33. The standard InChI is InChI=1S/C13H16N2O5S/c14-21(19,20)11-5-3-9(4-6-11)12(16)15-7-1-2-10(8-15)13(17)18/h3-6,10H,1-2,7-8H2,(H,17,18)(H2,14,19,20). The smallest absolute Gasteiger partial charge is 0.308 e. The van der Waals surface area contributed by atoms with E-state index in [0.717, 1.165) is 0 Å². The van der Waals surface area contributed by atoms with Gasteiger partial charge in [-0.15, -0.1) is 0 Å². The topological polar surface area (TPSA) is 118 Å². The molecule has 1 heterocycles. The molecule has 0 spiro atoms. The van der Waals surface area contributed by atoms with Crippen LogP contribution in [0.25, 0.3) is 0 Å². The molecule has 0 radical (unpaired) electrons. The molecule has 0 bridgehead atoms. The van der Waals surface area contributed by atoms with Crippen molar-refractivity contribution in [1.82, 2.24) is 4.90 Å². The molecule has 21 heavy (non-hydrogen) atoms. The molecule has 1 amide bonds. The van der Waals surface area contributed by atoms with Crippen molar-refractivity contribution < 1.29 is 23.1 Å². The number of amides is 1. The van der Waals surface area contributed by atoms with Crippen molar-refractivity contribution in [3.8, 4) is 0 Å². The molecule has 1 aromatic carbocycles. The van der Waals surface area contributed by atoms with Crippen LogP contribution in [0, 0.1) is 5.92 Å². The van der Waals surface area contributed by atoms with Crippen molar-refractivity contribution in [3.05, 3.63) is 29.8 Å². The summed E-state index contributed by atoms with van der Waals surface area (Å²) >= 11 is 0. The Bertz CT molecular complexity index is 654. The molecule has 8 heteroatoms. The van der Waals surface area contributed by atoms with Gasteiger partial charge in [0.1, 0.15) is 0 Å². The first-order valence-corrected chi connectivity index (χ1v) is 7.98. The molecule has 1 aliphatic rings. The third kappa shape index (κ3) is 3.59. The lowest BCUT2D eigenvalue weighted by atomic mass is 9.97. The Morgan fingerprint density at radius 2 is 1.86 bits per heavy atom. The number of likely N-dealkylation sites (tertiary alicyclic amines) is 1. The maximum atomic E-state index is 12.3. The zero-order valence-electron chi connectivity index (χ0n) is 11.2. The monoisotopic (exact) mass is 312 g/mol. The Labute approximate surface area is 122 Å². The van der Waals surface area contributed by atoms with Crippen LogP contribution in [0.4, 0.5) is 0 Å². The van der Waals surface area contributed by atoms with Crippen molar-refractivity contribution in [2.24, 2.45) is 11.1 Å². The van der Waals surface area contributed by atoms with Crippen LogP contribution in [0.1, 0.15) is 23.2 Å². The van der Waals surface area contributed by atoms with E-state index in [-0.39, 0.29) is 17.3 Å². The van der Waals surface area contributed by atoms with Gasteiger partial charge in [-0.25, -0.2) is 13.6 Å². The van der Waals surface area contributed by atoms with Gasteiger partial charge in [0, 0.05) is 18.7 Å². The van der Waals surface area contributed by atoms with Gasteiger partial charge in [0.05, 0.1) is 10.8 Å². The Morgan fingerprint density at radius 3 is 2.38 bits per heavy atom. The third-order valence-corrected chi connectivity index (χ3v) is 4.42. The van der Waals surface area contributed by atoms with Crippen molar-refractivity contribution in [2.45, 2.75) is 17.7 Å². The van der Waals surface area contributed by atoms with Crippen LogP contribution in [-0.4, -0.2) is 43.4 Å². The second kappa shape index (κ2) is 5.82. The number of aliphatic carboxylic acids is 1. The van der Waals surface area contributed by atoms with E-state index in [0.29, 0.717) is 24.9 Å². The summed E-state index contributed by atoms with van der Waals surface area (Å²) in [7, 11) is -3.79. The molecule has 1 aromatic rings. The number of rotatable bonds is 3. The minimum Gasteiger partial charge on any atom is -0.481 e. The van der Waals surface area contributed by atoms with Crippen LogP contribution in [0.3, 0.4) is 0 Å². The lowest BCUT2D eigenvalue weighted by molar-refractivity contribution is -0.143. The van der Waals surface area contributed by atoms with Gasteiger partial charge in [-0.2, -0.15) is 0 Å². The second-order valence-electron chi connectivity index (χ2n) is 5.00. The molecule has 0 saturated carbocycles. The van der Waals surface area contributed by atoms with E-state index in [1.165, 1.54) is 29.2 Å².